The Morgan fingerprint density at radius 1 is 1.46 bits per heavy atom. The number of nitrogens with zero attached hydrogens (tertiary/aromatic N) is 2. The highest BCUT2D eigenvalue weighted by atomic mass is 15.3. The maximum Gasteiger partial charge on any atom is 0.0195 e. The number of likely N-dealkylation sites (N-methyl/N-ethyl adjacent to an activating group) is 1. The van der Waals surface area contributed by atoms with Gasteiger partial charge in [0.05, 0.1) is 0 Å². The van der Waals surface area contributed by atoms with E-state index in [1.54, 1.807) is 0 Å². The summed E-state index contributed by atoms with van der Waals surface area (Å²) < 4.78 is 0. The van der Waals surface area contributed by atoms with Gasteiger partial charge in [0.25, 0.3) is 0 Å². The standard InChI is InChI=1S/C10H23N3/c1-4-12-5-6-13(8-10(12)3)9(2)7-11/h9-10H,4-8,11H2,1-3H3. The number of rotatable bonds is 3. The van der Waals surface area contributed by atoms with E-state index in [4.69, 9.17) is 5.73 Å². The molecule has 1 fully saturated rings. The third kappa shape index (κ3) is 2.66. The zero-order valence-corrected chi connectivity index (χ0v) is 9.16. The lowest BCUT2D eigenvalue weighted by Gasteiger charge is -2.41. The summed E-state index contributed by atoms with van der Waals surface area (Å²) in [6.45, 7) is 12.3. The van der Waals surface area contributed by atoms with Gasteiger partial charge in [-0.25, -0.2) is 0 Å². The third-order valence-electron chi connectivity index (χ3n) is 3.17. The predicted octanol–water partition coefficient (Wildman–Crippen LogP) is 0.360. The van der Waals surface area contributed by atoms with Crippen LogP contribution >= 0.6 is 0 Å². The van der Waals surface area contributed by atoms with Gasteiger partial charge in [-0.1, -0.05) is 6.92 Å². The van der Waals surface area contributed by atoms with Crippen molar-refractivity contribution in [1.29, 1.82) is 0 Å². The molecule has 0 amide bonds. The molecule has 0 aromatic carbocycles. The van der Waals surface area contributed by atoms with E-state index in [-0.39, 0.29) is 0 Å². The molecule has 0 aromatic heterocycles. The third-order valence-corrected chi connectivity index (χ3v) is 3.17. The van der Waals surface area contributed by atoms with Gasteiger partial charge in [-0.05, 0) is 20.4 Å². The van der Waals surface area contributed by atoms with Crippen LogP contribution in [0, 0.1) is 0 Å². The molecule has 2 atom stereocenters. The summed E-state index contributed by atoms with van der Waals surface area (Å²) in [6.07, 6.45) is 0. The average Bonchev–Trinajstić information content (AvgIpc) is 2.16. The number of hydrogen-bond acceptors (Lipinski definition) is 3. The fourth-order valence-corrected chi connectivity index (χ4v) is 2.04. The van der Waals surface area contributed by atoms with Gasteiger partial charge in [0.15, 0.2) is 0 Å². The zero-order valence-electron chi connectivity index (χ0n) is 9.16. The minimum atomic E-state index is 0.543. The smallest absolute Gasteiger partial charge is 0.0195 e. The van der Waals surface area contributed by atoms with E-state index >= 15 is 0 Å². The molecule has 3 nitrogen and oxygen atoms in total. The topological polar surface area (TPSA) is 32.5 Å². The van der Waals surface area contributed by atoms with E-state index in [0.717, 1.165) is 6.54 Å². The van der Waals surface area contributed by atoms with Crippen LogP contribution in [0.3, 0.4) is 0 Å². The molecule has 1 saturated heterocycles. The molecule has 0 bridgehead atoms. The Bertz CT molecular complexity index is 149. The average molecular weight is 185 g/mol. The Hall–Kier alpha value is -0.120. The van der Waals surface area contributed by atoms with Crippen LogP contribution < -0.4 is 5.73 Å². The highest BCUT2D eigenvalue weighted by Gasteiger charge is 2.24. The van der Waals surface area contributed by atoms with Crippen molar-refractivity contribution in [1.82, 2.24) is 9.80 Å². The van der Waals surface area contributed by atoms with E-state index in [9.17, 15) is 0 Å². The molecule has 0 saturated carbocycles. The zero-order chi connectivity index (χ0) is 9.84. The van der Waals surface area contributed by atoms with Crippen molar-refractivity contribution in [3.63, 3.8) is 0 Å². The maximum absolute atomic E-state index is 5.66. The van der Waals surface area contributed by atoms with E-state index in [1.165, 1.54) is 26.2 Å². The molecule has 2 N–H and O–H groups in total. The minimum absolute atomic E-state index is 0.543. The van der Waals surface area contributed by atoms with Crippen molar-refractivity contribution >= 4 is 0 Å². The van der Waals surface area contributed by atoms with Gasteiger partial charge in [-0.2, -0.15) is 0 Å². The molecule has 0 aromatic rings. The molecule has 0 aliphatic carbocycles. The molecule has 78 valence electrons. The molecule has 1 aliphatic rings. The summed E-state index contributed by atoms with van der Waals surface area (Å²) >= 11 is 0. The lowest BCUT2D eigenvalue weighted by atomic mass is 10.1. The highest BCUT2D eigenvalue weighted by molar-refractivity contribution is 4.81. The summed E-state index contributed by atoms with van der Waals surface area (Å²) in [7, 11) is 0. The largest absolute Gasteiger partial charge is 0.329 e. The molecule has 13 heavy (non-hydrogen) atoms. The second-order valence-corrected chi connectivity index (χ2v) is 4.06. The van der Waals surface area contributed by atoms with E-state index in [1.807, 2.05) is 0 Å². The summed E-state index contributed by atoms with van der Waals surface area (Å²) in [4.78, 5) is 5.02. The van der Waals surface area contributed by atoms with E-state index < -0.39 is 0 Å². The Balaban J connectivity index is 2.40. The predicted molar refractivity (Wildman–Crippen MR) is 56.8 cm³/mol. The van der Waals surface area contributed by atoms with Crippen molar-refractivity contribution in [2.24, 2.45) is 5.73 Å². The van der Waals surface area contributed by atoms with E-state index in [2.05, 4.69) is 30.6 Å². The van der Waals surface area contributed by atoms with Crippen LogP contribution in [0.5, 0.6) is 0 Å². The molecule has 0 spiro atoms. The van der Waals surface area contributed by atoms with Crippen molar-refractivity contribution < 1.29 is 0 Å². The van der Waals surface area contributed by atoms with Gasteiger partial charge in [0.1, 0.15) is 0 Å². The first-order valence-electron chi connectivity index (χ1n) is 5.37. The molecule has 2 unspecified atom stereocenters. The van der Waals surface area contributed by atoms with Crippen LogP contribution in [-0.4, -0.2) is 54.6 Å². The fraction of sp³-hybridized carbons (Fsp3) is 1.00. The molecule has 0 radical (unpaired) electrons. The van der Waals surface area contributed by atoms with Crippen LogP contribution in [0.25, 0.3) is 0 Å². The Morgan fingerprint density at radius 2 is 2.15 bits per heavy atom. The maximum atomic E-state index is 5.66. The van der Waals surface area contributed by atoms with Crippen LogP contribution in [0.4, 0.5) is 0 Å². The van der Waals surface area contributed by atoms with Gasteiger partial charge in [0.2, 0.25) is 0 Å². The summed E-state index contributed by atoms with van der Waals surface area (Å²) in [5.41, 5.74) is 5.66. The normalized spacial score (nSPS) is 29.1. The Labute approximate surface area is 81.9 Å². The van der Waals surface area contributed by atoms with Gasteiger partial charge in [-0.15, -0.1) is 0 Å². The SMILES string of the molecule is CCN1CCN(C(C)CN)CC1C. The molecule has 1 heterocycles. The Morgan fingerprint density at radius 3 is 2.62 bits per heavy atom. The minimum Gasteiger partial charge on any atom is -0.329 e. The second-order valence-electron chi connectivity index (χ2n) is 4.06. The van der Waals surface area contributed by atoms with Gasteiger partial charge < -0.3 is 5.73 Å². The number of hydrogen-bond donors (Lipinski definition) is 1. The van der Waals surface area contributed by atoms with E-state index in [0.29, 0.717) is 12.1 Å². The molecular formula is C10H23N3. The second kappa shape index (κ2) is 4.94. The number of nitrogens with two attached hydrogens (primary N) is 1. The quantitative estimate of drug-likeness (QED) is 0.689. The van der Waals surface area contributed by atoms with Crippen molar-refractivity contribution in [3.05, 3.63) is 0 Å². The summed E-state index contributed by atoms with van der Waals surface area (Å²) in [6, 6.07) is 1.23. The first-order valence-corrected chi connectivity index (χ1v) is 5.37. The van der Waals surface area contributed by atoms with Crippen molar-refractivity contribution in [2.45, 2.75) is 32.9 Å². The molecule has 3 heteroatoms. The number of piperazine rings is 1. The lowest BCUT2D eigenvalue weighted by molar-refractivity contribution is 0.0661. The van der Waals surface area contributed by atoms with Gasteiger partial charge >= 0.3 is 0 Å². The van der Waals surface area contributed by atoms with Crippen molar-refractivity contribution in [3.8, 4) is 0 Å². The van der Waals surface area contributed by atoms with Gasteiger partial charge in [0, 0.05) is 38.3 Å². The van der Waals surface area contributed by atoms with Crippen LogP contribution in [0.15, 0.2) is 0 Å². The summed E-state index contributed by atoms with van der Waals surface area (Å²) in [5, 5.41) is 0. The van der Waals surface area contributed by atoms with Gasteiger partial charge in [-0.3, -0.25) is 9.80 Å². The van der Waals surface area contributed by atoms with Crippen molar-refractivity contribution in [2.75, 3.05) is 32.7 Å². The fourth-order valence-electron chi connectivity index (χ4n) is 2.04. The lowest BCUT2D eigenvalue weighted by Crippen LogP contribution is -2.55. The monoisotopic (exact) mass is 185 g/mol. The molecular weight excluding hydrogens is 162 g/mol. The first kappa shape index (κ1) is 11.0. The van der Waals surface area contributed by atoms with Crippen LogP contribution in [-0.2, 0) is 0 Å². The first-order chi connectivity index (χ1) is 6.19. The Kier molecular flexibility index (Phi) is 4.16. The summed E-state index contributed by atoms with van der Waals surface area (Å²) in [5.74, 6) is 0. The highest BCUT2D eigenvalue weighted by Crippen LogP contribution is 2.10. The van der Waals surface area contributed by atoms with Crippen LogP contribution in [0.2, 0.25) is 0 Å². The van der Waals surface area contributed by atoms with Crippen LogP contribution in [0.1, 0.15) is 20.8 Å². The molecule has 1 rings (SSSR count). The molecule has 1 aliphatic heterocycles.